The van der Waals surface area contributed by atoms with Gasteiger partial charge in [-0.3, -0.25) is 4.90 Å². The molecule has 1 aromatic rings. The number of halogens is 6. The van der Waals surface area contributed by atoms with E-state index in [1.165, 1.54) is 23.1 Å². The van der Waals surface area contributed by atoms with E-state index in [2.05, 4.69) is 11.7 Å². The van der Waals surface area contributed by atoms with Crippen molar-refractivity contribution in [1.29, 1.82) is 0 Å². The molecule has 0 radical (unpaired) electrons. The predicted octanol–water partition coefficient (Wildman–Crippen LogP) is 4.89. The van der Waals surface area contributed by atoms with Crippen molar-refractivity contribution < 1.29 is 36.2 Å². The molecule has 9 heteroatoms. The Labute approximate surface area is 153 Å². The van der Waals surface area contributed by atoms with Crippen LogP contribution in [0.3, 0.4) is 0 Å². The fraction of sp³-hybridized carbons (Fsp3) is 0.667. The predicted molar refractivity (Wildman–Crippen MR) is 87.0 cm³/mol. The summed E-state index contributed by atoms with van der Waals surface area (Å²) in [7, 11) is 0. The standard InChI is InChI=1S/C18H23F6NO2/c1-12-6-8-14(9-7-12)25(11-16(26)17(19,20)21)10-13-4-2-3-5-15(13)27-18(22,23)24/h2-5,12,14,16,26H,6-11H2,1H3. The Kier molecular flexibility index (Phi) is 7.02. The van der Waals surface area contributed by atoms with Gasteiger partial charge in [-0.05, 0) is 37.7 Å². The second kappa shape index (κ2) is 8.68. The SMILES string of the molecule is CC1CCC(N(Cc2ccccc2OC(F)(F)F)CC(O)C(F)(F)F)CC1. The van der Waals surface area contributed by atoms with Crippen molar-refractivity contribution in [1.82, 2.24) is 4.90 Å². The van der Waals surface area contributed by atoms with Crippen molar-refractivity contribution in [2.75, 3.05) is 6.54 Å². The van der Waals surface area contributed by atoms with Crippen molar-refractivity contribution in [3.05, 3.63) is 29.8 Å². The number of hydrogen-bond acceptors (Lipinski definition) is 3. The summed E-state index contributed by atoms with van der Waals surface area (Å²) in [6.07, 6.45) is -9.34. The molecule has 0 aromatic heterocycles. The molecule has 2 rings (SSSR count). The van der Waals surface area contributed by atoms with Gasteiger partial charge in [-0.2, -0.15) is 13.2 Å². The second-order valence-corrected chi connectivity index (χ2v) is 7.06. The van der Waals surface area contributed by atoms with E-state index in [0.717, 1.165) is 18.9 Å². The van der Waals surface area contributed by atoms with Crippen LogP contribution in [0.1, 0.15) is 38.2 Å². The first kappa shape index (κ1) is 21.8. The molecule has 1 aliphatic rings. The van der Waals surface area contributed by atoms with Crippen LogP contribution in [-0.4, -0.2) is 41.2 Å². The first-order chi connectivity index (χ1) is 12.5. The van der Waals surface area contributed by atoms with Crippen LogP contribution in [0.4, 0.5) is 26.3 Å². The molecule has 1 saturated carbocycles. The average Bonchev–Trinajstić information content (AvgIpc) is 2.54. The lowest BCUT2D eigenvalue weighted by atomic mass is 9.86. The first-order valence-electron chi connectivity index (χ1n) is 8.78. The topological polar surface area (TPSA) is 32.7 Å². The number of hydrogen-bond donors (Lipinski definition) is 1. The normalized spacial score (nSPS) is 22.7. The number of aliphatic hydroxyl groups is 1. The number of aliphatic hydroxyl groups excluding tert-OH is 1. The van der Waals surface area contributed by atoms with E-state index in [1.54, 1.807) is 0 Å². The summed E-state index contributed by atoms with van der Waals surface area (Å²) in [5.41, 5.74) is 0.128. The highest BCUT2D eigenvalue weighted by molar-refractivity contribution is 5.33. The van der Waals surface area contributed by atoms with Crippen LogP contribution < -0.4 is 4.74 Å². The summed E-state index contributed by atoms with van der Waals surface area (Å²) in [5, 5.41) is 9.49. The molecular weight excluding hydrogens is 376 g/mol. The summed E-state index contributed by atoms with van der Waals surface area (Å²) in [4.78, 5) is 1.42. The molecule has 0 saturated heterocycles. The van der Waals surface area contributed by atoms with Gasteiger partial charge in [0.15, 0.2) is 6.10 Å². The highest BCUT2D eigenvalue weighted by atomic mass is 19.4. The van der Waals surface area contributed by atoms with Crippen LogP contribution in [0.25, 0.3) is 0 Å². The summed E-state index contributed by atoms with van der Waals surface area (Å²) in [6.45, 7) is 1.19. The number of alkyl halides is 6. The molecule has 0 heterocycles. The second-order valence-electron chi connectivity index (χ2n) is 7.06. The van der Waals surface area contributed by atoms with Gasteiger partial charge in [-0.25, -0.2) is 0 Å². The van der Waals surface area contributed by atoms with Crippen LogP contribution in [0.2, 0.25) is 0 Å². The Balaban J connectivity index is 2.21. The molecule has 1 fully saturated rings. The fourth-order valence-corrected chi connectivity index (χ4v) is 3.35. The van der Waals surface area contributed by atoms with Gasteiger partial charge >= 0.3 is 12.5 Å². The molecule has 1 atom stereocenters. The molecule has 27 heavy (non-hydrogen) atoms. The summed E-state index contributed by atoms with van der Waals surface area (Å²) >= 11 is 0. The zero-order valence-electron chi connectivity index (χ0n) is 14.9. The van der Waals surface area contributed by atoms with Gasteiger partial charge < -0.3 is 9.84 Å². The Morgan fingerprint density at radius 1 is 1.07 bits per heavy atom. The molecule has 3 nitrogen and oxygen atoms in total. The van der Waals surface area contributed by atoms with Crippen molar-refractivity contribution in [2.45, 2.75) is 63.8 Å². The zero-order valence-corrected chi connectivity index (χ0v) is 14.9. The van der Waals surface area contributed by atoms with Gasteiger partial charge in [0.05, 0.1) is 0 Å². The van der Waals surface area contributed by atoms with E-state index in [-0.39, 0.29) is 18.2 Å². The third-order valence-electron chi connectivity index (χ3n) is 4.86. The Bertz CT molecular complexity index is 596. The Hall–Kier alpha value is -1.48. The quantitative estimate of drug-likeness (QED) is 0.692. The van der Waals surface area contributed by atoms with Crippen LogP contribution in [-0.2, 0) is 6.54 Å². The minimum absolute atomic E-state index is 0.128. The Morgan fingerprint density at radius 3 is 2.22 bits per heavy atom. The van der Waals surface area contributed by atoms with Gasteiger partial charge in [0.1, 0.15) is 5.75 Å². The number of ether oxygens (including phenoxy) is 1. The minimum atomic E-state index is -4.90. The van der Waals surface area contributed by atoms with Crippen molar-refractivity contribution in [3.63, 3.8) is 0 Å². The molecule has 0 amide bonds. The van der Waals surface area contributed by atoms with Gasteiger partial charge in [-0.1, -0.05) is 25.1 Å². The van der Waals surface area contributed by atoms with Gasteiger partial charge in [0.25, 0.3) is 0 Å². The fourth-order valence-electron chi connectivity index (χ4n) is 3.35. The van der Waals surface area contributed by atoms with Gasteiger partial charge in [0, 0.05) is 24.7 Å². The lowest BCUT2D eigenvalue weighted by Crippen LogP contribution is -2.46. The molecule has 0 spiro atoms. The molecule has 1 aliphatic carbocycles. The third-order valence-corrected chi connectivity index (χ3v) is 4.86. The number of para-hydroxylation sites is 1. The summed E-state index contributed by atoms with van der Waals surface area (Å²) in [5.74, 6) is 0.0113. The Morgan fingerprint density at radius 2 is 1.67 bits per heavy atom. The number of benzene rings is 1. The van der Waals surface area contributed by atoms with Crippen LogP contribution in [0, 0.1) is 5.92 Å². The smallest absolute Gasteiger partial charge is 0.405 e. The maximum absolute atomic E-state index is 12.8. The van der Waals surface area contributed by atoms with Crippen LogP contribution >= 0.6 is 0 Å². The highest BCUT2D eigenvalue weighted by Gasteiger charge is 2.41. The van der Waals surface area contributed by atoms with Crippen LogP contribution in [0.5, 0.6) is 5.75 Å². The molecule has 0 bridgehead atoms. The van der Waals surface area contributed by atoms with Gasteiger partial charge in [-0.15, -0.1) is 13.2 Å². The molecule has 154 valence electrons. The maximum atomic E-state index is 12.8. The van der Waals surface area contributed by atoms with Crippen molar-refractivity contribution in [3.8, 4) is 5.75 Å². The average molecular weight is 399 g/mol. The molecule has 1 unspecified atom stereocenters. The first-order valence-corrected chi connectivity index (χ1v) is 8.78. The number of rotatable bonds is 6. The monoisotopic (exact) mass is 399 g/mol. The van der Waals surface area contributed by atoms with Crippen LogP contribution in [0.15, 0.2) is 24.3 Å². The van der Waals surface area contributed by atoms with E-state index in [0.29, 0.717) is 18.8 Å². The minimum Gasteiger partial charge on any atom is -0.405 e. The third kappa shape index (κ3) is 6.88. The molecular formula is C18H23F6NO2. The zero-order chi connectivity index (χ0) is 20.2. The maximum Gasteiger partial charge on any atom is 0.573 e. The van der Waals surface area contributed by atoms with E-state index in [1.807, 2.05) is 0 Å². The van der Waals surface area contributed by atoms with E-state index >= 15 is 0 Å². The molecule has 1 aromatic carbocycles. The van der Waals surface area contributed by atoms with E-state index in [9.17, 15) is 31.4 Å². The number of nitrogens with zero attached hydrogens (tertiary/aromatic N) is 1. The molecule has 1 N–H and O–H groups in total. The van der Waals surface area contributed by atoms with Crippen molar-refractivity contribution >= 4 is 0 Å². The summed E-state index contributed by atoms with van der Waals surface area (Å²) < 4.78 is 80.3. The van der Waals surface area contributed by atoms with Gasteiger partial charge in [0.2, 0.25) is 0 Å². The summed E-state index contributed by atoms with van der Waals surface area (Å²) in [6, 6.07) is 5.14. The van der Waals surface area contributed by atoms with Crippen molar-refractivity contribution in [2.24, 2.45) is 5.92 Å². The highest BCUT2D eigenvalue weighted by Crippen LogP contribution is 2.32. The van der Waals surface area contributed by atoms with E-state index in [4.69, 9.17) is 0 Å². The lowest BCUT2D eigenvalue weighted by Gasteiger charge is -2.37. The molecule has 0 aliphatic heterocycles. The van der Waals surface area contributed by atoms with E-state index < -0.39 is 30.9 Å². The largest absolute Gasteiger partial charge is 0.573 e. The lowest BCUT2D eigenvalue weighted by molar-refractivity contribution is -0.275.